The number of Topliss-reactive ketones (excluding diaryl/α,β-unsaturated/α-hetero) is 1. The van der Waals surface area contributed by atoms with Gasteiger partial charge in [0.15, 0.2) is 5.78 Å². The lowest BCUT2D eigenvalue weighted by atomic mass is 10.0. The van der Waals surface area contributed by atoms with Gasteiger partial charge in [-0.15, -0.1) is 0 Å². The topological polar surface area (TPSA) is 59.2 Å². The van der Waals surface area contributed by atoms with Crippen molar-refractivity contribution in [3.05, 3.63) is 47.3 Å². The Morgan fingerprint density at radius 2 is 1.80 bits per heavy atom. The van der Waals surface area contributed by atoms with Gasteiger partial charge in [0, 0.05) is 12.5 Å². The van der Waals surface area contributed by atoms with E-state index in [1.807, 2.05) is 37.3 Å². The van der Waals surface area contributed by atoms with Crippen LogP contribution < -0.4 is 0 Å². The van der Waals surface area contributed by atoms with E-state index in [1.54, 1.807) is 6.92 Å². The van der Waals surface area contributed by atoms with Crippen LogP contribution in [0.5, 0.6) is 0 Å². The Morgan fingerprint density at radius 3 is 2.35 bits per heavy atom. The van der Waals surface area contributed by atoms with E-state index in [0.29, 0.717) is 18.0 Å². The number of ketones is 1. The van der Waals surface area contributed by atoms with E-state index in [-0.39, 0.29) is 5.78 Å². The van der Waals surface area contributed by atoms with Gasteiger partial charge in [-0.25, -0.2) is 4.79 Å². The number of esters is 1. The van der Waals surface area contributed by atoms with Gasteiger partial charge in [0.25, 0.3) is 0 Å². The molecule has 4 heteroatoms. The summed E-state index contributed by atoms with van der Waals surface area (Å²) in [7, 11) is 0. The van der Waals surface area contributed by atoms with E-state index in [0.717, 1.165) is 16.7 Å². The first-order valence-electron chi connectivity index (χ1n) is 6.52. The molecule has 0 aliphatic carbocycles. The van der Waals surface area contributed by atoms with E-state index in [1.165, 1.54) is 6.92 Å². The number of carbonyl (C=O) groups is 2. The second kappa shape index (κ2) is 5.74. The molecular weight excluding hydrogens is 254 g/mol. The quantitative estimate of drug-likeness (QED) is 0.685. The zero-order valence-electron chi connectivity index (χ0n) is 11.8. The third-order valence-corrected chi connectivity index (χ3v) is 3.14. The van der Waals surface area contributed by atoms with Crippen LogP contribution in [-0.2, 0) is 4.74 Å². The third-order valence-electron chi connectivity index (χ3n) is 3.14. The second-order valence-electron chi connectivity index (χ2n) is 4.52. The summed E-state index contributed by atoms with van der Waals surface area (Å²) in [4.78, 5) is 26.6. The van der Waals surface area contributed by atoms with Crippen molar-refractivity contribution in [3.8, 4) is 11.1 Å². The number of aromatic nitrogens is 1. The molecule has 0 atom stereocenters. The van der Waals surface area contributed by atoms with Gasteiger partial charge in [0.1, 0.15) is 5.69 Å². The fraction of sp³-hybridized carbons (Fsp3) is 0.250. The molecule has 104 valence electrons. The van der Waals surface area contributed by atoms with Crippen molar-refractivity contribution in [1.82, 2.24) is 4.98 Å². The number of carbonyl (C=O) groups excluding carboxylic acids is 2. The Morgan fingerprint density at radius 1 is 1.15 bits per heavy atom. The molecule has 4 nitrogen and oxygen atoms in total. The zero-order valence-corrected chi connectivity index (χ0v) is 11.8. The summed E-state index contributed by atoms with van der Waals surface area (Å²) in [5, 5.41) is 0. The largest absolute Gasteiger partial charge is 0.461 e. The molecule has 0 aliphatic heterocycles. The molecule has 0 bridgehead atoms. The molecule has 0 aliphatic rings. The Hall–Kier alpha value is -2.36. The van der Waals surface area contributed by atoms with Crippen molar-refractivity contribution >= 4 is 11.8 Å². The highest BCUT2D eigenvalue weighted by Gasteiger charge is 2.23. The Kier molecular flexibility index (Phi) is 4.03. The number of rotatable bonds is 4. The molecule has 0 saturated heterocycles. The first kappa shape index (κ1) is 14.1. The first-order chi connectivity index (χ1) is 9.56. The number of ether oxygens (including phenoxy) is 1. The molecule has 0 radical (unpaired) electrons. The van der Waals surface area contributed by atoms with E-state index in [9.17, 15) is 9.59 Å². The number of benzene rings is 1. The predicted molar refractivity (Wildman–Crippen MR) is 76.9 cm³/mol. The highest BCUT2D eigenvalue weighted by atomic mass is 16.5. The standard InChI is InChI=1S/C16H17NO3/c1-4-20-16(19)15-13(12-8-6-5-7-9-12)10(2)14(17-15)11(3)18/h5-9,17H,4H2,1-3H3. The molecule has 0 amide bonds. The minimum Gasteiger partial charge on any atom is -0.461 e. The number of H-pyrrole nitrogens is 1. The van der Waals surface area contributed by atoms with Crippen molar-refractivity contribution in [2.45, 2.75) is 20.8 Å². The van der Waals surface area contributed by atoms with E-state index in [2.05, 4.69) is 4.98 Å². The maximum atomic E-state index is 12.1. The van der Waals surface area contributed by atoms with Crippen molar-refractivity contribution < 1.29 is 14.3 Å². The molecule has 2 rings (SSSR count). The Bertz CT molecular complexity index is 641. The van der Waals surface area contributed by atoms with Gasteiger partial charge in [0.2, 0.25) is 0 Å². The van der Waals surface area contributed by atoms with Crippen LogP contribution in [-0.4, -0.2) is 23.3 Å². The van der Waals surface area contributed by atoms with Crippen molar-refractivity contribution in [2.24, 2.45) is 0 Å². The summed E-state index contributed by atoms with van der Waals surface area (Å²) in [6.45, 7) is 5.35. The van der Waals surface area contributed by atoms with Crippen LogP contribution in [0, 0.1) is 6.92 Å². The van der Waals surface area contributed by atoms with Crippen molar-refractivity contribution in [3.63, 3.8) is 0 Å². The van der Waals surface area contributed by atoms with Crippen LogP contribution in [0.3, 0.4) is 0 Å². The zero-order chi connectivity index (χ0) is 14.7. The highest BCUT2D eigenvalue weighted by molar-refractivity contribution is 6.03. The average molecular weight is 271 g/mol. The van der Waals surface area contributed by atoms with E-state index < -0.39 is 5.97 Å². The lowest BCUT2D eigenvalue weighted by Gasteiger charge is -2.05. The van der Waals surface area contributed by atoms with Gasteiger partial charge in [-0.1, -0.05) is 30.3 Å². The second-order valence-corrected chi connectivity index (χ2v) is 4.52. The summed E-state index contributed by atoms with van der Waals surface area (Å²) in [5.74, 6) is -0.544. The van der Waals surface area contributed by atoms with Gasteiger partial charge >= 0.3 is 5.97 Å². The van der Waals surface area contributed by atoms with Crippen LogP contribution in [0.25, 0.3) is 11.1 Å². The maximum Gasteiger partial charge on any atom is 0.355 e. The molecule has 0 fully saturated rings. The number of aromatic amines is 1. The van der Waals surface area contributed by atoms with Gasteiger partial charge < -0.3 is 9.72 Å². The Balaban J connectivity index is 2.64. The lowest BCUT2D eigenvalue weighted by molar-refractivity contribution is 0.0521. The van der Waals surface area contributed by atoms with Crippen LogP contribution in [0.1, 0.15) is 40.4 Å². The van der Waals surface area contributed by atoms with Gasteiger partial charge in [0.05, 0.1) is 12.3 Å². The molecule has 0 unspecified atom stereocenters. The minimum absolute atomic E-state index is 0.102. The smallest absolute Gasteiger partial charge is 0.355 e. The molecule has 1 heterocycles. The van der Waals surface area contributed by atoms with Gasteiger partial charge in [-0.05, 0) is 25.0 Å². The SMILES string of the molecule is CCOC(=O)c1[nH]c(C(C)=O)c(C)c1-c1ccccc1. The molecule has 2 aromatic rings. The van der Waals surface area contributed by atoms with Crippen LogP contribution in [0.2, 0.25) is 0 Å². The van der Waals surface area contributed by atoms with Crippen LogP contribution in [0.15, 0.2) is 30.3 Å². The highest BCUT2D eigenvalue weighted by Crippen LogP contribution is 2.30. The normalized spacial score (nSPS) is 10.3. The van der Waals surface area contributed by atoms with E-state index >= 15 is 0 Å². The van der Waals surface area contributed by atoms with Crippen LogP contribution in [0.4, 0.5) is 0 Å². The molecule has 1 aromatic carbocycles. The molecule has 0 saturated carbocycles. The van der Waals surface area contributed by atoms with Gasteiger partial charge in [-0.2, -0.15) is 0 Å². The molecular formula is C16H17NO3. The summed E-state index contributed by atoms with van der Waals surface area (Å²) in [5.41, 5.74) is 3.17. The minimum atomic E-state index is -0.443. The summed E-state index contributed by atoms with van der Waals surface area (Å²) >= 11 is 0. The first-order valence-corrected chi connectivity index (χ1v) is 6.52. The molecule has 1 aromatic heterocycles. The molecule has 1 N–H and O–H groups in total. The fourth-order valence-corrected chi connectivity index (χ4v) is 2.27. The number of hydrogen-bond acceptors (Lipinski definition) is 3. The Labute approximate surface area is 117 Å². The monoisotopic (exact) mass is 271 g/mol. The predicted octanol–water partition coefficient (Wildman–Crippen LogP) is 3.37. The molecule has 20 heavy (non-hydrogen) atoms. The number of hydrogen-bond donors (Lipinski definition) is 1. The maximum absolute atomic E-state index is 12.1. The fourth-order valence-electron chi connectivity index (χ4n) is 2.27. The lowest BCUT2D eigenvalue weighted by Crippen LogP contribution is -2.07. The number of nitrogens with one attached hydrogen (secondary N) is 1. The third kappa shape index (κ3) is 2.50. The summed E-state index contributed by atoms with van der Waals surface area (Å²) in [6, 6.07) is 9.50. The summed E-state index contributed by atoms with van der Waals surface area (Å²) in [6.07, 6.45) is 0. The van der Waals surface area contributed by atoms with Crippen molar-refractivity contribution in [2.75, 3.05) is 6.61 Å². The summed E-state index contributed by atoms with van der Waals surface area (Å²) < 4.78 is 5.06. The van der Waals surface area contributed by atoms with Gasteiger partial charge in [-0.3, -0.25) is 4.79 Å². The van der Waals surface area contributed by atoms with Crippen LogP contribution >= 0.6 is 0 Å². The van der Waals surface area contributed by atoms with E-state index in [4.69, 9.17) is 4.74 Å². The molecule has 0 spiro atoms. The van der Waals surface area contributed by atoms with Crippen molar-refractivity contribution in [1.29, 1.82) is 0 Å². The average Bonchev–Trinajstić information content (AvgIpc) is 2.78.